The summed E-state index contributed by atoms with van der Waals surface area (Å²) in [5.41, 5.74) is 1.19. The Balaban J connectivity index is 2.13. The van der Waals surface area contributed by atoms with Gasteiger partial charge in [0.25, 0.3) is 0 Å². The lowest BCUT2D eigenvalue weighted by Gasteiger charge is -2.29. The summed E-state index contributed by atoms with van der Waals surface area (Å²) < 4.78 is 4.96. The summed E-state index contributed by atoms with van der Waals surface area (Å²) in [7, 11) is 1.47. The minimum Gasteiger partial charge on any atom is -0.468 e. The van der Waals surface area contributed by atoms with Crippen molar-refractivity contribution in [2.75, 3.05) is 13.7 Å². The van der Waals surface area contributed by atoms with Gasteiger partial charge in [-0.15, -0.1) is 0 Å². The highest BCUT2D eigenvalue weighted by molar-refractivity contribution is 5.76. The number of hydrogen-bond acceptors (Lipinski definition) is 3. The van der Waals surface area contributed by atoms with Crippen molar-refractivity contribution in [1.82, 2.24) is 4.90 Å². The van der Waals surface area contributed by atoms with Crippen LogP contribution in [0.4, 0.5) is 0 Å². The number of esters is 1. The van der Waals surface area contributed by atoms with Crippen LogP contribution >= 0.6 is 0 Å². The number of hydrogen-bond donors (Lipinski definition) is 0. The summed E-state index contributed by atoms with van der Waals surface area (Å²) in [6.07, 6.45) is 3.07. The lowest BCUT2D eigenvalue weighted by atomic mass is 10.0. The summed E-state index contributed by atoms with van der Waals surface area (Å²) in [5, 5.41) is 0. The number of carbonyl (C=O) groups is 1. The molecule has 1 aromatic carbocycles. The van der Waals surface area contributed by atoms with Crippen LogP contribution in [0.15, 0.2) is 30.3 Å². The van der Waals surface area contributed by atoms with Crippen molar-refractivity contribution in [2.45, 2.75) is 38.3 Å². The van der Waals surface area contributed by atoms with Crippen LogP contribution in [0.1, 0.15) is 25.3 Å². The van der Waals surface area contributed by atoms with Gasteiger partial charge in [-0.25, -0.2) is 0 Å². The van der Waals surface area contributed by atoms with Crippen LogP contribution in [-0.2, 0) is 16.0 Å². The van der Waals surface area contributed by atoms with E-state index in [0.717, 1.165) is 13.0 Å². The predicted molar refractivity (Wildman–Crippen MR) is 71.4 cm³/mol. The Bertz CT molecular complexity index is 391. The Morgan fingerprint density at radius 3 is 2.72 bits per heavy atom. The molecule has 1 aliphatic rings. The molecular weight excluding hydrogens is 226 g/mol. The monoisotopic (exact) mass is 247 g/mol. The molecule has 0 N–H and O–H groups in total. The van der Waals surface area contributed by atoms with Crippen LogP contribution in [0.5, 0.6) is 0 Å². The molecular formula is C15H21NO2. The largest absolute Gasteiger partial charge is 0.468 e. The van der Waals surface area contributed by atoms with Crippen LogP contribution in [0.25, 0.3) is 0 Å². The van der Waals surface area contributed by atoms with Crippen molar-refractivity contribution >= 4 is 5.97 Å². The molecule has 0 unspecified atom stereocenters. The maximum Gasteiger partial charge on any atom is 0.323 e. The van der Waals surface area contributed by atoms with E-state index in [1.54, 1.807) is 0 Å². The Morgan fingerprint density at radius 1 is 1.44 bits per heavy atom. The van der Waals surface area contributed by atoms with Gasteiger partial charge in [0.05, 0.1) is 7.11 Å². The second kappa shape index (κ2) is 6.01. The zero-order valence-corrected chi connectivity index (χ0v) is 11.1. The molecule has 0 aromatic heterocycles. The third-order valence-corrected chi connectivity index (χ3v) is 3.75. The normalized spacial score (nSPS) is 21.8. The molecule has 98 valence electrons. The first-order valence-electron chi connectivity index (χ1n) is 6.60. The molecule has 0 amide bonds. The lowest BCUT2D eigenvalue weighted by molar-refractivity contribution is -0.147. The average molecular weight is 247 g/mol. The number of methoxy groups -OCH3 is 1. The SMILES string of the molecule is COC(=O)[C@H](Cc1ccccc1)N1CCC[C@@H]1C. The van der Waals surface area contributed by atoms with Crippen LogP contribution in [-0.4, -0.2) is 36.6 Å². The van der Waals surface area contributed by atoms with E-state index in [4.69, 9.17) is 4.74 Å². The van der Waals surface area contributed by atoms with E-state index in [1.165, 1.54) is 25.5 Å². The molecule has 0 bridgehead atoms. The van der Waals surface area contributed by atoms with Crippen LogP contribution in [0.2, 0.25) is 0 Å². The second-order valence-electron chi connectivity index (χ2n) is 4.96. The molecule has 3 nitrogen and oxygen atoms in total. The first kappa shape index (κ1) is 13.1. The summed E-state index contributed by atoms with van der Waals surface area (Å²) in [6.45, 7) is 3.18. The van der Waals surface area contributed by atoms with Gasteiger partial charge in [-0.2, -0.15) is 0 Å². The minimum absolute atomic E-state index is 0.118. The van der Waals surface area contributed by atoms with Crippen molar-refractivity contribution in [3.8, 4) is 0 Å². The molecule has 0 saturated carbocycles. The highest BCUT2D eigenvalue weighted by Gasteiger charge is 2.33. The van der Waals surface area contributed by atoms with Gasteiger partial charge in [-0.1, -0.05) is 30.3 Å². The molecule has 1 aromatic rings. The quantitative estimate of drug-likeness (QED) is 0.764. The Hall–Kier alpha value is -1.35. The summed E-state index contributed by atoms with van der Waals surface area (Å²) >= 11 is 0. The van der Waals surface area contributed by atoms with Crippen molar-refractivity contribution < 1.29 is 9.53 Å². The summed E-state index contributed by atoms with van der Waals surface area (Å²) in [4.78, 5) is 14.3. The van der Waals surface area contributed by atoms with E-state index in [0.29, 0.717) is 6.04 Å². The van der Waals surface area contributed by atoms with Gasteiger partial charge in [0.2, 0.25) is 0 Å². The third kappa shape index (κ3) is 2.91. The van der Waals surface area contributed by atoms with Crippen molar-refractivity contribution in [2.24, 2.45) is 0 Å². The predicted octanol–water partition coefficient (Wildman–Crippen LogP) is 2.25. The van der Waals surface area contributed by atoms with Gasteiger partial charge in [0.15, 0.2) is 0 Å². The molecule has 1 fully saturated rings. The average Bonchev–Trinajstić information content (AvgIpc) is 2.82. The first-order valence-corrected chi connectivity index (χ1v) is 6.60. The van der Waals surface area contributed by atoms with Crippen LogP contribution in [0.3, 0.4) is 0 Å². The van der Waals surface area contributed by atoms with Gasteiger partial charge in [0, 0.05) is 6.04 Å². The minimum atomic E-state index is -0.144. The number of likely N-dealkylation sites (tertiary alicyclic amines) is 1. The van der Waals surface area contributed by atoms with Crippen molar-refractivity contribution in [3.63, 3.8) is 0 Å². The van der Waals surface area contributed by atoms with Crippen molar-refractivity contribution in [3.05, 3.63) is 35.9 Å². The standard InChI is InChI=1S/C15H21NO2/c1-12-7-6-10-16(12)14(15(17)18-2)11-13-8-4-3-5-9-13/h3-5,8-9,12,14H,6-7,10-11H2,1-2H3/t12-,14-/m0/s1. The van der Waals surface area contributed by atoms with E-state index in [-0.39, 0.29) is 12.0 Å². The first-order chi connectivity index (χ1) is 8.72. The van der Waals surface area contributed by atoms with Crippen LogP contribution < -0.4 is 0 Å². The van der Waals surface area contributed by atoms with E-state index < -0.39 is 0 Å². The van der Waals surface area contributed by atoms with Crippen molar-refractivity contribution in [1.29, 1.82) is 0 Å². The van der Waals surface area contributed by atoms with Gasteiger partial charge in [-0.3, -0.25) is 9.69 Å². The molecule has 2 rings (SSSR count). The third-order valence-electron chi connectivity index (χ3n) is 3.75. The fraction of sp³-hybridized carbons (Fsp3) is 0.533. The zero-order chi connectivity index (χ0) is 13.0. The van der Waals surface area contributed by atoms with Crippen LogP contribution in [0, 0.1) is 0 Å². The van der Waals surface area contributed by atoms with Gasteiger partial charge < -0.3 is 4.74 Å². The maximum atomic E-state index is 12.0. The highest BCUT2D eigenvalue weighted by atomic mass is 16.5. The van der Waals surface area contributed by atoms with Gasteiger partial charge in [-0.05, 0) is 38.3 Å². The molecule has 0 radical (unpaired) electrons. The summed E-state index contributed by atoms with van der Waals surface area (Å²) in [6, 6.07) is 10.5. The van der Waals surface area contributed by atoms with E-state index in [2.05, 4.69) is 24.0 Å². The van der Waals surface area contributed by atoms with E-state index in [1.807, 2.05) is 18.2 Å². The molecule has 1 aliphatic heterocycles. The number of rotatable bonds is 4. The Morgan fingerprint density at radius 2 is 2.17 bits per heavy atom. The van der Waals surface area contributed by atoms with E-state index in [9.17, 15) is 4.79 Å². The molecule has 18 heavy (non-hydrogen) atoms. The smallest absolute Gasteiger partial charge is 0.323 e. The molecule has 0 spiro atoms. The van der Waals surface area contributed by atoms with Gasteiger partial charge >= 0.3 is 5.97 Å². The number of nitrogens with zero attached hydrogens (tertiary/aromatic N) is 1. The fourth-order valence-electron chi connectivity index (χ4n) is 2.73. The zero-order valence-electron chi connectivity index (χ0n) is 11.1. The van der Waals surface area contributed by atoms with E-state index >= 15 is 0 Å². The maximum absolute atomic E-state index is 12.0. The lowest BCUT2D eigenvalue weighted by Crippen LogP contribution is -2.45. The molecule has 1 heterocycles. The molecule has 2 atom stereocenters. The van der Waals surface area contributed by atoms with Gasteiger partial charge in [0.1, 0.15) is 6.04 Å². The molecule has 0 aliphatic carbocycles. The molecule has 1 saturated heterocycles. The fourth-order valence-corrected chi connectivity index (χ4v) is 2.73. The topological polar surface area (TPSA) is 29.5 Å². The number of ether oxygens (including phenoxy) is 1. The summed E-state index contributed by atoms with van der Waals surface area (Å²) in [5.74, 6) is -0.118. The Kier molecular flexibility index (Phi) is 4.37. The second-order valence-corrected chi connectivity index (χ2v) is 4.96. The Labute approximate surface area is 109 Å². The number of benzene rings is 1. The molecule has 3 heteroatoms. The highest BCUT2D eigenvalue weighted by Crippen LogP contribution is 2.22. The number of carbonyl (C=O) groups excluding carboxylic acids is 1.